The van der Waals surface area contributed by atoms with E-state index in [9.17, 15) is 0 Å². The molecule has 0 heterocycles. The Morgan fingerprint density at radius 1 is 1.43 bits per heavy atom. The molecule has 0 aromatic carbocycles. The lowest BCUT2D eigenvalue weighted by molar-refractivity contribution is -0.0268. The van der Waals surface area contributed by atoms with Gasteiger partial charge in [-0.05, 0) is 30.6 Å². The van der Waals surface area contributed by atoms with Crippen molar-refractivity contribution in [2.75, 3.05) is 6.73 Å². The summed E-state index contributed by atoms with van der Waals surface area (Å²) in [5.74, 6) is 2.10. The van der Waals surface area contributed by atoms with Gasteiger partial charge in [-0.1, -0.05) is 27.2 Å². The van der Waals surface area contributed by atoms with Gasteiger partial charge in [0, 0.05) is 0 Å². The summed E-state index contributed by atoms with van der Waals surface area (Å²) in [6, 6.07) is 0. The fourth-order valence-electron chi connectivity index (χ4n) is 2.44. The first kappa shape index (κ1) is 11.5. The molecule has 1 saturated carbocycles. The van der Waals surface area contributed by atoms with Crippen molar-refractivity contribution in [3.8, 4) is 0 Å². The number of ether oxygens (including phenoxy) is 1. The van der Waals surface area contributed by atoms with Gasteiger partial charge in [-0.2, -0.15) is 0 Å². The lowest BCUT2D eigenvalue weighted by Crippen LogP contribution is -2.34. The molecule has 0 aromatic rings. The molecule has 0 aromatic heterocycles. The van der Waals surface area contributed by atoms with Gasteiger partial charge in [-0.25, -0.2) is 6.57 Å². The predicted molar refractivity (Wildman–Crippen MR) is 57.7 cm³/mol. The van der Waals surface area contributed by atoms with Crippen LogP contribution in [-0.4, -0.2) is 12.8 Å². The van der Waals surface area contributed by atoms with Crippen LogP contribution in [0.15, 0.2) is 0 Å². The topological polar surface area (TPSA) is 13.6 Å². The molecule has 14 heavy (non-hydrogen) atoms. The fraction of sp³-hybridized carbons (Fsp3) is 0.917. The molecule has 0 amide bonds. The molecule has 1 aliphatic rings. The van der Waals surface area contributed by atoms with E-state index in [1.807, 2.05) is 0 Å². The molecule has 1 fully saturated rings. The molecular formula is C12H21NO. The lowest BCUT2D eigenvalue weighted by atomic mass is 9.75. The number of hydrogen-bond donors (Lipinski definition) is 0. The maximum atomic E-state index is 6.74. The molecule has 1 aliphatic carbocycles. The highest BCUT2D eigenvalue weighted by atomic mass is 16.5. The highest BCUT2D eigenvalue weighted by molar-refractivity contribution is 4.81. The molecule has 0 aliphatic heterocycles. The smallest absolute Gasteiger partial charge is 0.309 e. The Morgan fingerprint density at radius 2 is 2.14 bits per heavy atom. The predicted octanol–water partition coefficient (Wildman–Crippen LogP) is 3.34. The first-order chi connectivity index (χ1) is 6.65. The van der Waals surface area contributed by atoms with Crippen molar-refractivity contribution >= 4 is 0 Å². The van der Waals surface area contributed by atoms with Gasteiger partial charge < -0.3 is 4.74 Å². The summed E-state index contributed by atoms with van der Waals surface area (Å²) in [5, 5.41) is 0. The Balaban J connectivity index is 2.50. The Bertz CT molecular complexity index is 207. The van der Waals surface area contributed by atoms with Crippen LogP contribution >= 0.6 is 0 Å². The highest BCUT2D eigenvalue weighted by Crippen LogP contribution is 2.35. The van der Waals surface area contributed by atoms with Crippen LogP contribution in [0.25, 0.3) is 4.85 Å². The standard InChI is InChI=1S/C12H21NO/c1-9(2)11-6-5-10(3)7-12(11)14-8-13-4/h9-12H,5-8H2,1-3H3. The fourth-order valence-corrected chi connectivity index (χ4v) is 2.44. The van der Waals surface area contributed by atoms with Crippen LogP contribution in [0, 0.1) is 24.3 Å². The van der Waals surface area contributed by atoms with E-state index >= 15 is 0 Å². The minimum atomic E-state index is 0.237. The van der Waals surface area contributed by atoms with Crippen LogP contribution in [0.3, 0.4) is 0 Å². The molecule has 0 saturated heterocycles. The van der Waals surface area contributed by atoms with Crippen LogP contribution in [0.1, 0.15) is 40.0 Å². The maximum Gasteiger partial charge on any atom is 0.318 e. The molecule has 2 nitrogen and oxygen atoms in total. The van der Waals surface area contributed by atoms with Gasteiger partial charge in [0.15, 0.2) is 0 Å². The molecular weight excluding hydrogens is 174 g/mol. The van der Waals surface area contributed by atoms with Crippen molar-refractivity contribution in [2.24, 2.45) is 17.8 Å². The van der Waals surface area contributed by atoms with Gasteiger partial charge in [-0.3, -0.25) is 4.85 Å². The summed E-state index contributed by atoms with van der Waals surface area (Å²) in [4.78, 5) is 3.28. The number of nitrogens with zero attached hydrogens (tertiary/aromatic N) is 1. The third kappa shape index (κ3) is 2.99. The van der Waals surface area contributed by atoms with Crippen LogP contribution in [0.2, 0.25) is 0 Å². The average Bonchev–Trinajstić information content (AvgIpc) is 2.14. The monoisotopic (exact) mass is 195 g/mol. The normalized spacial score (nSPS) is 32.9. The first-order valence-corrected chi connectivity index (χ1v) is 5.60. The van der Waals surface area contributed by atoms with E-state index in [1.54, 1.807) is 0 Å². The van der Waals surface area contributed by atoms with E-state index in [2.05, 4.69) is 25.6 Å². The summed E-state index contributed by atoms with van der Waals surface area (Å²) in [5.41, 5.74) is 0. The van der Waals surface area contributed by atoms with Crippen molar-refractivity contribution in [1.82, 2.24) is 0 Å². The minimum absolute atomic E-state index is 0.237. The molecule has 1 rings (SSSR count). The molecule has 0 radical (unpaired) electrons. The Hall–Kier alpha value is -0.550. The van der Waals surface area contributed by atoms with Gasteiger partial charge >= 0.3 is 6.73 Å². The average molecular weight is 195 g/mol. The SMILES string of the molecule is [C-]#[N+]COC1CC(C)CCC1C(C)C. The second kappa shape index (κ2) is 5.36. The van der Waals surface area contributed by atoms with Crippen molar-refractivity contribution < 1.29 is 4.74 Å². The molecule has 3 atom stereocenters. The third-order valence-corrected chi connectivity index (χ3v) is 3.31. The summed E-state index contributed by atoms with van der Waals surface area (Å²) >= 11 is 0. The van der Waals surface area contributed by atoms with E-state index in [0.717, 1.165) is 12.3 Å². The zero-order valence-corrected chi connectivity index (χ0v) is 9.49. The van der Waals surface area contributed by atoms with Gasteiger partial charge in [0.25, 0.3) is 0 Å². The zero-order chi connectivity index (χ0) is 10.6. The summed E-state index contributed by atoms with van der Waals surface area (Å²) in [6.07, 6.45) is 4.05. The van der Waals surface area contributed by atoms with Gasteiger partial charge in [0.1, 0.15) is 0 Å². The second-order valence-corrected chi connectivity index (χ2v) is 4.82. The maximum absolute atomic E-state index is 6.74. The lowest BCUT2D eigenvalue weighted by Gasteiger charge is -2.35. The minimum Gasteiger partial charge on any atom is -0.309 e. The van der Waals surface area contributed by atoms with Gasteiger partial charge in [-0.15, -0.1) is 0 Å². The molecule has 2 heteroatoms. The van der Waals surface area contributed by atoms with Crippen molar-refractivity contribution in [3.05, 3.63) is 11.4 Å². The van der Waals surface area contributed by atoms with E-state index < -0.39 is 0 Å². The Morgan fingerprint density at radius 3 is 2.71 bits per heavy atom. The summed E-state index contributed by atoms with van der Waals surface area (Å²) in [6.45, 7) is 13.8. The summed E-state index contributed by atoms with van der Waals surface area (Å²) < 4.78 is 5.62. The van der Waals surface area contributed by atoms with E-state index in [-0.39, 0.29) is 6.73 Å². The molecule has 80 valence electrons. The quantitative estimate of drug-likeness (QED) is 0.630. The highest BCUT2D eigenvalue weighted by Gasteiger charge is 2.31. The molecule has 0 N–H and O–H groups in total. The first-order valence-electron chi connectivity index (χ1n) is 5.60. The van der Waals surface area contributed by atoms with Crippen molar-refractivity contribution in [2.45, 2.75) is 46.1 Å². The summed E-state index contributed by atoms with van der Waals surface area (Å²) in [7, 11) is 0. The molecule has 0 bridgehead atoms. The third-order valence-electron chi connectivity index (χ3n) is 3.31. The Kier molecular flexibility index (Phi) is 4.41. The van der Waals surface area contributed by atoms with E-state index in [1.165, 1.54) is 12.8 Å². The van der Waals surface area contributed by atoms with Gasteiger partial charge in [0.05, 0.1) is 6.10 Å². The second-order valence-electron chi connectivity index (χ2n) is 4.82. The Labute approximate surface area is 87.5 Å². The molecule has 0 spiro atoms. The van der Waals surface area contributed by atoms with Gasteiger partial charge in [0.2, 0.25) is 0 Å². The van der Waals surface area contributed by atoms with E-state index in [4.69, 9.17) is 11.3 Å². The zero-order valence-electron chi connectivity index (χ0n) is 9.49. The van der Waals surface area contributed by atoms with Crippen LogP contribution < -0.4 is 0 Å². The van der Waals surface area contributed by atoms with Crippen molar-refractivity contribution in [3.63, 3.8) is 0 Å². The van der Waals surface area contributed by atoms with Crippen LogP contribution in [-0.2, 0) is 4.74 Å². The number of rotatable bonds is 3. The largest absolute Gasteiger partial charge is 0.318 e. The van der Waals surface area contributed by atoms with Crippen LogP contribution in [0.5, 0.6) is 0 Å². The van der Waals surface area contributed by atoms with Crippen LogP contribution in [0.4, 0.5) is 0 Å². The molecule has 3 unspecified atom stereocenters. The van der Waals surface area contributed by atoms with Crippen molar-refractivity contribution in [1.29, 1.82) is 0 Å². The number of hydrogen-bond acceptors (Lipinski definition) is 1. The van der Waals surface area contributed by atoms with E-state index in [0.29, 0.717) is 17.9 Å².